The number of rotatable bonds is 1. The number of hydrogen-bond donors (Lipinski definition) is 1. The van der Waals surface area contributed by atoms with Crippen LogP contribution in [-0.2, 0) is 23.4 Å². The van der Waals surface area contributed by atoms with Gasteiger partial charge in [0.25, 0.3) is 0 Å². The third kappa shape index (κ3) is 2.56. The number of aromatic nitrogens is 1. The van der Waals surface area contributed by atoms with Crippen LogP contribution in [0.25, 0.3) is 0 Å². The molecule has 1 unspecified atom stereocenters. The van der Waals surface area contributed by atoms with Gasteiger partial charge in [-0.15, -0.1) is 11.3 Å². The lowest BCUT2D eigenvalue weighted by atomic mass is 10.0. The summed E-state index contributed by atoms with van der Waals surface area (Å²) in [5.41, 5.74) is 0.0803. The molecular weight excluding hydrogens is 210 g/mol. The van der Waals surface area contributed by atoms with Gasteiger partial charge in [-0.05, 0) is 13.3 Å². The maximum absolute atomic E-state index is 9.98. The predicted molar refractivity (Wildman–Crippen MR) is 62.1 cm³/mol. The number of aliphatic hydroxyl groups is 1. The van der Waals surface area contributed by atoms with Gasteiger partial charge in [0.2, 0.25) is 0 Å². The van der Waals surface area contributed by atoms with Crippen LogP contribution in [0.3, 0.4) is 0 Å². The van der Waals surface area contributed by atoms with Crippen molar-refractivity contribution in [3.8, 4) is 0 Å². The maximum atomic E-state index is 9.98. The molecular formula is C11H19NO2S. The standard InChI is InChI=1S/C9H13NO2S.C2H6/c1-3-7-10-6-4-12-5-9(2,11)8(6)13-7;1-2/h11H,3-5H2,1-2H3;1-2H3. The molecule has 1 N–H and O–H groups in total. The van der Waals surface area contributed by atoms with Crippen molar-refractivity contribution in [1.29, 1.82) is 0 Å². The summed E-state index contributed by atoms with van der Waals surface area (Å²) < 4.78 is 5.26. The normalized spacial score (nSPS) is 24.1. The first-order valence-electron chi connectivity index (χ1n) is 5.42. The molecule has 0 fully saturated rings. The molecule has 0 aliphatic carbocycles. The third-order valence-electron chi connectivity index (χ3n) is 2.16. The highest BCUT2D eigenvalue weighted by molar-refractivity contribution is 7.11. The van der Waals surface area contributed by atoms with Gasteiger partial charge in [-0.1, -0.05) is 20.8 Å². The van der Waals surface area contributed by atoms with Crippen LogP contribution in [0.1, 0.15) is 43.3 Å². The van der Waals surface area contributed by atoms with Gasteiger partial charge < -0.3 is 9.84 Å². The highest BCUT2D eigenvalue weighted by atomic mass is 32.1. The van der Waals surface area contributed by atoms with Gasteiger partial charge in [0, 0.05) is 0 Å². The lowest BCUT2D eigenvalue weighted by Gasteiger charge is -2.26. The van der Waals surface area contributed by atoms with Gasteiger partial charge >= 0.3 is 0 Å². The van der Waals surface area contributed by atoms with E-state index in [0.717, 1.165) is 22.0 Å². The fourth-order valence-corrected chi connectivity index (χ4v) is 2.52. The zero-order valence-corrected chi connectivity index (χ0v) is 10.6. The Labute approximate surface area is 95.1 Å². The van der Waals surface area contributed by atoms with E-state index in [4.69, 9.17) is 4.74 Å². The van der Waals surface area contributed by atoms with Crippen LogP contribution in [0.5, 0.6) is 0 Å². The van der Waals surface area contributed by atoms with Crippen LogP contribution in [0.4, 0.5) is 0 Å². The number of aryl methyl sites for hydroxylation is 1. The monoisotopic (exact) mass is 229 g/mol. The van der Waals surface area contributed by atoms with Crippen LogP contribution in [0.2, 0.25) is 0 Å². The molecule has 0 saturated carbocycles. The summed E-state index contributed by atoms with van der Waals surface area (Å²) in [6.07, 6.45) is 0.924. The van der Waals surface area contributed by atoms with Gasteiger partial charge in [0.05, 0.1) is 28.8 Å². The van der Waals surface area contributed by atoms with Crippen molar-refractivity contribution in [3.05, 3.63) is 15.6 Å². The average molecular weight is 229 g/mol. The second-order valence-corrected chi connectivity index (χ2v) is 4.59. The number of ether oxygens (including phenoxy) is 1. The minimum atomic E-state index is -0.835. The summed E-state index contributed by atoms with van der Waals surface area (Å²) >= 11 is 1.60. The number of hydrogen-bond acceptors (Lipinski definition) is 4. The summed E-state index contributed by atoms with van der Waals surface area (Å²) in [5.74, 6) is 0. The van der Waals surface area contributed by atoms with Crippen molar-refractivity contribution in [2.75, 3.05) is 6.61 Å². The molecule has 0 aromatic carbocycles. The topological polar surface area (TPSA) is 42.4 Å². The SMILES string of the molecule is CC.CCc1nc2c(s1)C(C)(O)COC2. The van der Waals surface area contributed by atoms with Gasteiger partial charge in [0.15, 0.2) is 0 Å². The second-order valence-electron chi connectivity index (χ2n) is 3.50. The van der Waals surface area contributed by atoms with Crippen molar-refractivity contribution in [3.63, 3.8) is 0 Å². The summed E-state index contributed by atoms with van der Waals surface area (Å²) in [4.78, 5) is 5.38. The first-order valence-corrected chi connectivity index (χ1v) is 6.24. The molecule has 0 spiro atoms. The molecule has 86 valence electrons. The van der Waals surface area contributed by atoms with Crippen molar-refractivity contribution >= 4 is 11.3 Å². The van der Waals surface area contributed by atoms with Crippen LogP contribution < -0.4 is 0 Å². The van der Waals surface area contributed by atoms with E-state index >= 15 is 0 Å². The van der Waals surface area contributed by atoms with E-state index in [2.05, 4.69) is 11.9 Å². The minimum absolute atomic E-state index is 0.380. The fourth-order valence-electron chi connectivity index (χ4n) is 1.48. The summed E-state index contributed by atoms with van der Waals surface area (Å²) in [7, 11) is 0. The highest BCUT2D eigenvalue weighted by Gasteiger charge is 2.33. The molecule has 0 amide bonds. The summed E-state index contributed by atoms with van der Waals surface area (Å²) in [6.45, 7) is 8.77. The Hall–Kier alpha value is -0.450. The van der Waals surface area contributed by atoms with Gasteiger partial charge in [-0.25, -0.2) is 4.98 Å². The Morgan fingerprint density at radius 2 is 2.20 bits per heavy atom. The largest absolute Gasteiger partial charge is 0.382 e. The smallest absolute Gasteiger partial charge is 0.121 e. The molecule has 2 heterocycles. The van der Waals surface area contributed by atoms with Crippen molar-refractivity contribution in [2.45, 2.75) is 46.3 Å². The third-order valence-corrected chi connectivity index (χ3v) is 3.65. The highest BCUT2D eigenvalue weighted by Crippen LogP contribution is 2.34. The molecule has 15 heavy (non-hydrogen) atoms. The van der Waals surface area contributed by atoms with E-state index in [9.17, 15) is 5.11 Å². The molecule has 1 aromatic heterocycles. The Balaban J connectivity index is 0.000000531. The fraction of sp³-hybridized carbons (Fsp3) is 0.727. The van der Waals surface area contributed by atoms with Gasteiger partial charge in [0.1, 0.15) is 5.60 Å². The Kier molecular flexibility index (Phi) is 4.25. The predicted octanol–water partition coefficient (Wildman–Crippen LogP) is 2.47. The molecule has 0 saturated heterocycles. The Bertz CT molecular complexity index is 320. The van der Waals surface area contributed by atoms with Crippen molar-refractivity contribution in [1.82, 2.24) is 4.98 Å². The molecule has 1 aromatic rings. The molecule has 1 atom stereocenters. The first kappa shape index (κ1) is 12.6. The van der Waals surface area contributed by atoms with Crippen LogP contribution >= 0.6 is 11.3 Å². The molecule has 4 heteroatoms. The Morgan fingerprint density at radius 1 is 1.53 bits per heavy atom. The quantitative estimate of drug-likeness (QED) is 0.804. The summed E-state index contributed by atoms with van der Waals surface area (Å²) in [6, 6.07) is 0. The number of nitrogens with zero attached hydrogens (tertiary/aromatic N) is 1. The molecule has 0 radical (unpaired) electrons. The first-order chi connectivity index (χ1) is 7.13. The van der Waals surface area contributed by atoms with Crippen LogP contribution in [0.15, 0.2) is 0 Å². The van der Waals surface area contributed by atoms with Crippen LogP contribution in [-0.4, -0.2) is 16.7 Å². The Morgan fingerprint density at radius 3 is 2.73 bits per heavy atom. The van der Waals surface area contributed by atoms with Crippen molar-refractivity contribution in [2.24, 2.45) is 0 Å². The van der Waals surface area contributed by atoms with Gasteiger partial charge in [-0.2, -0.15) is 0 Å². The molecule has 0 bridgehead atoms. The minimum Gasteiger partial charge on any atom is -0.382 e. The van der Waals surface area contributed by atoms with E-state index in [-0.39, 0.29) is 0 Å². The maximum Gasteiger partial charge on any atom is 0.121 e. The number of fused-ring (bicyclic) bond motifs is 1. The number of thiazole rings is 1. The van der Waals surface area contributed by atoms with E-state index < -0.39 is 5.60 Å². The zero-order chi connectivity index (χ0) is 11.5. The molecule has 3 nitrogen and oxygen atoms in total. The average Bonchev–Trinajstić information content (AvgIpc) is 2.65. The van der Waals surface area contributed by atoms with Crippen molar-refractivity contribution < 1.29 is 9.84 Å². The summed E-state index contributed by atoms with van der Waals surface area (Å²) in [5, 5.41) is 11.1. The van der Waals surface area contributed by atoms with Crippen LogP contribution in [0, 0.1) is 0 Å². The van der Waals surface area contributed by atoms with E-state index in [1.165, 1.54) is 0 Å². The molecule has 2 rings (SSSR count). The van der Waals surface area contributed by atoms with E-state index in [0.29, 0.717) is 13.2 Å². The second kappa shape index (κ2) is 5.05. The van der Waals surface area contributed by atoms with Gasteiger partial charge in [-0.3, -0.25) is 0 Å². The lowest BCUT2D eigenvalue weighted by Crippen LogP contribution is -2.31. The molecule has 1 aliphatic heterocycles. The zero-order valence-electron chi connectivity index (χ0n) is 9.83. The lowest BCUT2D eigenvalue weighted by molar-refractivity contribution is -0.0586. The van der Waals surface area contributed by atoms with E-state index in [1.807, 2.05) is 13.8 Å². The molecule has 1 aliphatic rings. The van der Waals surface area contributed by atoms with E-state index in [1.54, 1.807) is 18.3 Å².